The number of carboxylic acid groups (broad SMARTS) is 1. The van der Waals surface area contributed by atoms with Crippen LogP contribution >= 0.6 is 0 Å². The molecule has 0 unspecified atom stereocenters. The highest BCUT2D eigenvalue weighted by molar-refractivity contribution is 5.86. The third-order valence-electron chi connectivity index (χ3n) is 5.33. The van der Waals surface area contributed by atoms with Crippen LogP contribution in [-0.2, 0) is 29.6 Å². The van der Waals surface area contributed by atoms with Crippen LogP contribution in [0.25, 0.3) is 0 Å². The van der Waals surface area contributed by atoms with Crippen molar-refractivity contribution in [3.8, 4) is 0 Å². The lowest BCUT2D eigenvalue weighted by molar-refractivity contribution is -0.142. The molecule has 0 amide bonds. The molecule has 0 atom stereocenters. The molecule has 1 aromatic heterocycles. The SMILES string of the molecule is CCc1ncn(CCC(C(=O)O)(c2ccccc2)c2ccccc2)c1CC. The zero-order chi connectivity index (χ0) is 19.3. The number of rotatable bonds is 8. The Labute approximate surface area is 160 Å². The summed E-state index contributed by atoms with van der Waals surface area (Å²) in [5.74, 6) is -0.825. The summed E-state index contributed by atoms with van der Waals surface area (Å²) in [5, 5.41) is 10.4. The van der Waals surface area contributed by atoms with Gasteiger partial charge in [-0.3, -0.25) is 4.79 Å². The van der Waals surface area contributed by atoms with E-state index in [4.69, 9.17) is 0 Å². The van der Waals surface area contributed by atoms with Gasteiger partial charge in [-0.2, -0.15) is 0 Å². The number of aliphatic carboxylic acids is 1. The summed E-state index contributed by atoms with van der Waals surface area (Å²) >= 11 is 0. The fourth-order valence-electron chi connectivity index (χ4n) is 3.89. The topological polar surface area (TPSA) is 55.1 Å². The third-order valence-corrected chi connectivity index (χ3v) is 5.33. The van der Waals surface area contributed by atoms with Gasteiger partial charge in [0.2, 0.25) is 0 Å². The number of hydrogen-bond donors (Lipinski definition) is 1. The summed E-state index contributed by atoms with van der Waals surface area (Å²) in [6.45, 7) is 4.82. The molecule has 0 fully saturated rings. The molecule has 1 heterocycles. The molecule has 0 aliphatic heterocycles. The summed E-state index contributed by atoms with van der Waals surface area (Å²) in [5.41, 5.74) is 2.80. The molecule has 0 radical (unpaired) electrons. The summed E-state index contributed by atoms with van der Waals surface area (Å²) < 4.78 is 2.11. The Morgan fingerprint density at radius 2 is 1.52 bits per heavy atom. The first-order valence-electron chi connectivity index (χ1n) is 9.50. The Morgan fingerprint density at radius 3 is 1.96 bits per heavy atom. The molecule has 2 aromatic carbocycles. The van der Waals surface area contributed by atoms with Crippen LogP contribution in [0, 0.1) is 0 Å². The van der Waals surface area contributed by atoms with Crippen LogP contribution < -0.4 is 0 Å². The number of aryl methyl sites for hydroxylation is 2. The number of carboxylic acids is 1. The maximum absolute atomic E-state index is 12.6. The average Bonchev–Trinajstić information content (AvgIpc) is 3.12. The van der Waals surface area contributed by atoms with E-state index in [0.29, 0.717) is 13.0 Å². The van der Waals surface area contributed by atoms with Crippen molar-refractivity contribution in [2.45, 2.75) is 45.1 Å². The van der Waals surface area contributed by atoms with Gasteiger partial charge in [-0.1, -0.05) is 74.5 Å². The molecule has 1 N–H and O–H groups in total. The van der Waals surface area contributed by atoms with E-state index in [0.717, 1.165) is 29.7 Å². The average molecular weight is 362 g/mol. The van der Waals surface area contributed by atoms with Gasteiger partial charge < -0.3 is 9.67 Å². The minimum absolute atomic E-state index is 0.461. The lowest BCUT2D eigenvalue weighted by Crippen LogP contribution is -2.38. The standard InChI is InChI=1S/C23H26N2O2/c1-3-20-21(4-2)25(17-24-20)16-15-23(22(26)27,18-11-7-5-8-12-18)19-13-9-6-10-14-19/h5-14,17H,3-4,15-16H2,1-2H3,(H,26,27). The highest BCUT2D eigenvalue weighted by Crippen LogP contribution is 2.37. The molecule has 0 spiro atoms. The summed E-state index contributed by atoms with van der Waals surface area (Å²) in [7, 11) is 0. The van der Waals surface area contributed by atoms with Gasteiger partial charge in [-0.05, 0) is 30.4 Å². The van der Waals surface area contributed by atoms with Crippen molar-refractivity contribution in [3.05, 3.63) is 89.5 Å². The molecule has 0 saturated heterocycles. The Balaban J connectivity index is 2.06. The van der Waals surface area contributed by atoms with Crippen LogP contribution in [-0.4, -0.2) is 20.6 Å². The van der Waals surface area contributed by atoms with Gasteiger partial charge in [0.15, 0.2) is 0 Å². The number of nitrogens with zero attached hydrogens (tertiary/aromatic N) is 2. The number of benzene rings is 2. The third kappa shape index (κ3) is 3.52. The van der Waals surface area contributed by atoms with E-state index >= 15 is 0 Å². The molecule has 0 bridgehead atoms. The van der Waals surface area contributed by atoms with Gasteiger partial charge in [0.1, 0.15) is 5.41 Å². The normalized spacial score (nSPS) is 11.5. The van der Waals surface area contributed by atoms with Crippen LogP contribution in [0.1, 0.15) is 42.8 Å². The fourth-order valence-corrected chi connectivity index (χ4v) is 3.89. The highest BCUT2D eigenvalue weighted by Gasteiger charge is 2.42. The van der Waals surface area contributed by atoms with Gasteiger partial charge in [-0.25, -0.2) is 4.98 Å². The van der Waals surface area contributed by atoms with Gasteiger partial charge in [0.05, 0.1) is 12.0 Å². The van der Waals surface area contributed by atoms with Crippen LogP contribution in [0.15, 0.2) is 67.0 Å². The van der Waals surface area contributed by atoms with Crippen molar-refractivity contribution in [3.63, 3.8) is 0 Å². The Bertz CT molecular complexity index is 846. The molecule has 0 aliphatic carbocycles. The predicted octanol–water partition coefficient (Wildman–Crippen LogP) is 4.47. The van der Waals surface area contributed by atoms with Crippen LogP contribution in [0.4, 0.5) is 0 Å². The molecular formula is C23H26N2O2. The van der Waals surface area contributed by atoms with Crippen molar-refractivity contribution in [1.29, 1.82) is 0 Å². The van der Waals surface area contributed by atoms with Gasteiger partial charge >= 0.3 is 5.97 Å². The van der Waals surface area contributed by atoms with E-state index in [9.17, 15) is 9.90 Å². The van der Waals surface area contributed by atoms with E-state index in [1.807, 2.05) is 67.0 Å². The summed E-state index contributed by atoms with van der Waals surface area (Å²) in [6.07, 6.45) is 4.08. The van der Waals surface area contributed by atoms with Crippen molar-refractivity contribution in [2.24, 2.45) is 0 Å². The lowest BCUT2D eigenvalue weighted by Gasteiger charge is -2.31. The van der Waals surface area contributed by atoms with Crippen molar-refractivity contribution in [1.82, 2.24) is 9.55 Å². The van der Waals surface area contributed by atoms with Crippen LogP contribution in [0.5, 0.6) is 0 Å². The molecule has 0 aliphatic rings. The predicted molar refractivity (Wildman–Crippen MR) is 107 cm³/mol. The maximum Gasteiger partial charge on any atom is 0.318 e. The minimum Gasteiger partial charge on any atom is -0.480 e. The Kier molecular flexibility index (Phi) is 5.75. The van der Waals surface area contributed by atoms with E-state index in [1.54, 1.807) is 0 Å². The van der Waals surface area contributed by atoms with Crippen molar-refractivity contribution in [2.75, 3.05) is 0 Å². The fraction of sp³-hybridized carbons (Fsp3) is 0.304. The number of carbonyl (C=O) groups is 1. The van der Waals surface area contributed by atoms with Gasteiger partial charge in [0.25, 0.3) is 0 Å². The van der Waals surface area contributed by atoms with E-state index < -0.39 is 11.4 Å². The number of imidazole rings is 1. The zero-order valence-corrected chi connectivity index (χ0v) is 15.9. The molecule has 140 valence electrons. The molecular weight excluding hydrogens is 336 g/mol. The second-order valence-corrected chi connectivity index (χ2v) is 6.73. The van der Waals surface area contributed by atoms with Gasteiger partial charge in [-0.15, -0.1) is 0 Å². The quantitative estimate of drug-likeness (QED) is 0.643. The molecule has 4 nitrogen and oxygen atoms in total. The second-order valence-electron chi connectivity index (χ2n) is 6.73. The number of hydrogen-bond acceptors (Lipinski definition) is 2. The highest BCUT2D eigenvalue weighted by atomic mass is 16.4. The Hall–Kier alpha value is -2.88. The lowest BCUT2D eigenvalue weighted by atomic mass is 9.72. The molecule has 3 rings (SSSR count). The maximum atomic E-state index is 12.6. The monoisotopic (exact) mass is 362 g/mol. The van der Waals surface area contributed by atoms with E-state index in [-0.39, 0.29) is 0 Å². The first kappa shape index (κ1) is 18.9. The molecule has 3 aromatic rings. The van der Waals surface area contributed by atoms with Crippen LogP contribution in [0.2, 0.25) is 0 Å². The smallest absolute Gasteiger partial charge is 0.318 e. The van der Waals surface area contributed by atoms with Crippen molar-refractivity contribution >= 4 is 5.97 Å². The molecule has 4 heteroatoms. The molecule has 0 saturated carbocycles. The Morgan fingerprint density at radius 1 is 0.963 bits per heavy atom. The van der Waals surface area contributed by atoms with Crippen molar-refractivity contribution < 1.29 is 9.90 Å². The summed E-state index contributed by atoms with van der Waals surface area (Å²) in [6, 6.07) is 19.1. The van der Waals surface area contributed by atoms with E-state index in [1.165, 1.54) is 5.69 Å². The minimum atomic E-state index is -1.09. The first-order chi connectivity index (χ1) is 13.1. The van der Waals surface area contributed by atoms with Crippen LogP contribution in [0.3, 0.4) is 0 Å². The summed E-state index contributed by atoms with van der Waals surface area (Å²) in [4.78, 5) is 17.1. The van der Waals surface area contributed by atoms with Gasteiger partial charge in [0, 0.05) is 12.2 Å². The second kappa shape index (κ2) is 8.21. The number of aromatic nitrogens is 2. The zero-order valence-electron chi connectivity index (χ0n) is 15.9. The largest absolute Gasteiger partial charge is 0.480 e. The molecule has 27 heavy (non-hydrogen) atoms. The van der Waals surface area contributed by atoms with E-state index in [2.05, 4.69) is 23.4 Å². The first-order valence-corrected chi connectivity index (χ1v) is 9.50.